The maximum atomic E-state index is 12.7. The molecule has 23 heavy (non-hydrogen) atoms. The quantitative estimate of drug-likeness (QED) is 0.759. The Morgan fingerprint density at radius 2 is 1.91 bits per heavy atom. The Hall–Kier alpha value is -2.69. The third-order valence-electron chi connectivity index (χ3n) is 4.57. The lowest BCUT2D eigenvalue weighted by Gasteiger charge is -2.18. The van der Waals surface area contributed by atoms with E-state index in [4.69, 9.17) is 4.74 Å². The molecule has 1 spiro atoms. The van der Waals surface area contributed by atoms with Crippen molar-refractivity contribution >= 4 is 28.5 Å². The first-order chi connectivity index (χ1) is 11.1. The van der Waals surface area contributed by atoms with Crippen LogP contribution in [0.2, 0.25) is 0 Å². The van der Waals surface area contributed by atoms with E-state index in [1.54, 1.807) is 0 Å². The number of fused-ring (bicyclic) bond motifs is 3. The van der Waals surface area contributed by atoms with Crippen LogP contribution in [0.3, 0.4) is 0 Å². The molecule has 1 unspecified atom stereocenters. The third kappa shape index (κ3) is 1.76. The van der Waals surface area contributed by atoms with Crippen LogP contribution in [-0.2, 0) is 19.9 Å². The molecule has 5 nitrogen and oxygen atoms in total. The summed E-state index contributed by atoms with van der Waals surface area (Å²) in [5.41, 5.74) is 0.416. The molecule has 2 aliphatic rings. The van der Waals surface area contributed by atoms with Gasteiger partial charge >= 0.3 is 0 Å². The first-order valence-corrected chi connectivity index (χ1v) is 7.64. The lowest BCUT2D eigenvalue weighted by Crippen LogP contribution is -2.34. The van der Waals surface area contributed by atoms with Gasteiger partial charge in [-0.2, -0.15) is 0 Å². The maximum absolute atomic E-state index is 12.7. The number of likely N-dealkylation sites (N-methyl/N-ethyl adjacent to an activating group) is 1. The number of imide groups is 1. The van der Waals surface area contributed by atoms with Crippen molar-refractivity contribution in [2.75, 3.05) is 13.7 Å². The summed E-state index contributed by atoms with van der Waals surface area (Å²) in [5, 5.41) is 2.08. The van der Waals surface area contributed by atoms with Gasteiger partial charge in [0, 0.05) is 18.2 Å². The average molecular weight is 308 g/mol. The van der Waals surface area contributed by atoms with Crippen molar-refractivity contribution in [3.63, 3.8) is 0 Å². The summed E-state index contributed by atoms with van der Waals surface area (Å²) in [7, 11) is 1.51. The number of nitrogens with zero attached hydrogens (tertiary/aromatic N) is 2. The summed E-state index contributed by atoms with van der Waals surface area (Å²) in [6, 6.07) is 11.9. The minimum Gasteiger partial charge on any atom is -0.478 e. The van der Waals surface area contributed by atoms with Crippen molar-refractivity contribution in [1.29, 1.82) is 0 Å². The zero-order valence-corrected chi connectivity index (χ0v) is 13.0. The van der Waals surface area contributed by atoms with Crippen molar-refractivity contribution in [3.8, 4) is 0 Å². The van der Waals surface area contributed by atoms with Crippen molar-refractivity contribution < 1.29 is 14.3 Å². The van der Waals surface area contributed by atoms with E-state index in [1.807, 2.05) is 43.3 Å². The highest BCUT2D eigenvalue weighted by molar-refractivity contribution is 6.15. The van der Waals surface area contributed by atoms with Crippen molar-refractivity contribution in [1.82, 2.24) is 4.90 Å². The molecule has 1 fully saturated rings. The second-order valence-corrected chi connectivity index (χ2v) is 5.89. The van der Waals surface area contributed by atoms with Gasteiger partial charge in [0.15, 0.2) is 5.54 Å². The minimum absolute atomic E-state index is 0.0598. The van der Waals surface area contributed by atoms with Gasteiger partial charge in [0.05, 0.1) is 13.0 Å². The van der Waals surface area contributed by atoms with Gasteiger partial charge in [-0.05, 0) is 29.8 Å². The summed E-state index contributed by atoms with van der Waals surface area (Å²) < 4.78 is 5.65. The van der Waals surface area contributed by atoms with E-state index in [2.05, 4.69) is 4.99 Å². The third-order valence-corrected chi connectivity index (χ3v) is 4.57. The van der Waals surface area contributed by atoms with Crippen LogP contribution in [0.4, 0.5) is 0 Å². The molecular formula is C18H16N2O3. The molecule has 116 valence electrons. The zero-order valence-electron chi connectivity index (χ0n) is 13.0. The van der Waals surface area contributed by atoms with Crippen LogP contribution in [0, 0.1) is 0 Å². The lowest BCUT2D eigenvalue weighted by atomic mass is 9.86. The van der Waals surface area contributed by atoms with Gasteiger partial charge in [-0.1, -0.05) is 24.3 Å². The Morgan fingerprint density at radius 1 is 1.22 bits per heavy atom. The number of amides is 2. The number of carbonyl (C=O) groups is 2. The van der Waals surface area contributed by atoms with Gasteiger partial charge in [0.25, 0.3) is 5.91 Å². The van der Waals surface area contributed by atoms with E-state index in [-0.39, 0.29) is 18.2 Å². The Bertz CT molecular complexity index is 887. The monoisotopic (exact) mass is 308 g/mol. The van der Waals surface area contributed by atoms with Gasteiger partial charge in [-0.15, -0.1) is 0 Å². The molecule has 2 aromatic carbocycles. The molecule has 4 rings (SSSR count). The number of aliphatic imine (C=N–C) groups is 1. The number of rotatable bonds is 1. The predicted octanol–water partition coefficient (Wildman–Crippen LogP) is 2.22. The Kier molecular flexibility index (Phi) is 2.82. The molecule has 2 aromatic rings. The van der Waals surface area contributed by atoms with Gasteiger partial charge in [0.2, 0.25) is 11.8 Å². The van der Waals surface area contributed by atoms with Crippen LogP contribution in [0.1, 0.15) is 24.5 Å². The average Bonchev–Trinajstić information content (AvgIpc) is 2.96. The molecule has 0 saturated carbocycles. The first-order valence-electron chi connectivity index (χ1n) is 7.64. The maximum Gasteiger partial charge on any atom is 0.262 e. The number of benzene rings is 2. The van der Waals surface area contributed by atoms with Gasteiger partial charge in [0.1, 0.15) is 0 Å². The molecule has 0 bridgehead atoms. The van der Waals surface area contributed by atoms with Crippen LogP contribution in [-0.4, -0.2) is 36.3 Å². The Morgan fingerprint density at radius 3 is 2.52 bits per heavy atom. The largest absolute Gasteiger partial charge is 0.478 e. The molecule has 1 atom stereocenters. The van der Waals surface area contributed by atoms with Crippen molar-refractivity contribution in [2.45, 2.75) is 18.9 Å². The molecule has 0 aromatic heterocycles. The molecule has 1 saturated heterocycles. The van der Waals surface area contributed by atoms with E-state index < -0.39 is 5.54 Å². The van der Waals surface area contributed by atoms with Crippen molar-refractivity contribution in [3.05, 3.63) is 47.5 Å². The van der Waals surface area contributed by atoms with Gasteiger partial charge < -0.3 is 4.74 Å². The lowest BCUT2D eigenvalue weighted by molar-refractivity contribution is -0.138. The summed E-state index contributed by atoms with van der Waals surface area (Å²) in [4.78, 5) is 30.5. The summed E-state index contributed by atoms with van der Waals surface area (Å²) in [6.07, 6.45) is 0.0598. The molecule has 0 N–H and O–H groups in total. The topological polar surface area (TPSA) is 59.0 Å². The molecule has 0 radical (unpaired) electrons. The second kappa shape index (κ2) is 4.65. The highest BCUT2D eigenvalue weighted by atomic mass is 16.5. The van der Waals surface area contributed by atoms with Crippen LogP contribution < -0.4 is 0 Å². The first kappa shape index (κ1) is 13.9. The smallest absolute Gasteiger partial charge is 0.262 e. The molecule has 2 aliphatic heterocycles. The number of ether oxygens (including phenoxy) is 1. The second-order valence-electron chi connectivity index (χ2n) is 5.89. The van der Waals surface area contributed by atoms with E-state index >= 15 is 0 Å². The highest BCUT2D eigenvalue weighted by Crippen LogP contribution is 2.45. The Balaban J connectivity index is 2.00. The number of carbonyl (C=O) groups excluding carboxylic acids is 2. The molecule has 2 amide bonds. The van der Waals surface area contributed by atoms with Crippen molar-refractivity contribution in [2.24, 2.45) is 4.99 Å². The standard InChI is InChI=1S/C18H16N2O3/c1-3-23-16-13-8-11-6-4-5-7-12(11)9-14(13)18(19-16)10-15(21)20(2)17(18)22/h4-9H,3,10H2,1-2H3. The normalized spacial score (nSPS) is 22.9. The van der Waals surface area contributed by atoms with Crippen LogP contribution >= 0.6 is 0 Å². The molecular weight excluding hydrogens is 292 g/mol. The zero-order chi connectivity index (χ0) is 16.2. The summed E-state index contributed by atoms with van der Waals surface area (Å²) in [5.74, 6) is -0.0472. The van der Waals surface area contributed by atoms with Crippen LogP contribution in [0.15, 0.2) is 41.4 Å². The van der Waals surface area contributed by atoms with Crippen LogP contribution in [0.25, 0.3) is 10.8 Å². The Labute approximate surface area is 133 Å². The SMILES string of the molecule is CCOC1=NC2(CC(=O)N(C)C2=O)c2cc3ccccc3cc21. The van der Waals surface area contributed by atoms with Gasteiger partial charge in [-0.3, -0.25) is 14.5 Å². The predicted molar refractivity (Wildman–Crippen MR) is 86.2 cm³/mol. The molecule has 5 heteroatoms. The highest BCUT2D eigenvalue weighted by Gasteiger charge is 2.56. The fourth-order valence-corrected chi connectivity index (χ4v) is 3.40. The van der Waals surface area contributed by atoms with E-state index in [9.17, 15) is 9.59 Å². The van der Waals surface area contributed by atoms with E-state index in [0.29, 0.717) is 12.5 Å². The molecule has 0 aliphatic carbocycles. The summed E-state index contributed by atoms with van der Waals surface area (Å²) >= 11 is 0. The fourth-order valence-electron chi connectivity index (χ4n) is 3.40. The summed E-state index contributed by atoms with van der Waals surface area (Å²) in [6.45, 7) is 2.33. The number of hydrogen-bond donors (Lipinski definition) is 0. The number of likely N-dealkylation sites (tertiary alicyclic amines) is 1. The molecule has 2 heterocycles. The minimum atomic E-state index is -1.16. The van der Waals surface area contributed by atoms with Gasteiger partial charge in [-0.25, -0.2) is 4.99 Å². The fraction of sp³-hybridized carbons (Fsp3) is 0.278. The van der Waals surface area contributed by atoms with Crippen LogP contribution in [0.5, 0.6) is 0 Å². The van der Waals surface area contributed by atoms with E-state index in [1.165, 1.54) is 7.05 Å². The van der Waals surface area contributed by atoms with E-state index in [0.717, 1.165) is 26.8 Å². The number of hydrogen-bond acceptors (Lipinski definition) is 4.